The fourth-order valence-electron chi connectivity index (χ4n) is 2.50. The first-order chi connectivity index (χ1) is 9.01. The van der Waals surface area contributed by atoms with Gasteiger partial charge in [-0.15, -0.1) is 0 Å². The van der Waals surface area contributed by atoms with Crippen LogP contribution in [0.4, 0.5) is 0 Å². The molecule has 108 valence electrons. The zero-order valence-corrected chi connectivity index (χ0v) is 14.2. The average Bonchev–Trinajstić information content (AvgIpc) is 2.39. The van der Waals surface area contributed by atoms with E-state index in [2.05, 4.69) is 72.8 Å². The minimum atomic E-state index is 0.114. The molecule has 0 aliphatic carbocycles. The molecule has 1 aromatic rings. The van der Waals surface area contributed by atoms with E-state index >= 15 is 0 Å². The third-order valence-electron chi connectivity index (χ3n) is 3.76. The predicted octanol–water partition coefficient (Wildman–Crippen LogP) is 4.21. The van der Waals surface area contributed by atoms with Gasteiger partial charge in [-0.25, -0.2) is 0 Å². The van der Waals surface area contributed by atoms with Crippen LogP contribution in [0.1, 0.15) is 45.7 Å². The van der Waals surface area contributed by atoms with E-state index < -0.39 is 0 Å². The normalized spacial score (nSPS) is 16.4. The summed E-state index contributed by atoms with van der Waals surface area (Å²) in [6.45, 7) is 11.0. The van der Waals surface area contributed by atoms with Crippen molar-refractivity contribution in [2.45, 2.75) is 46.2 Å². The molecule has 0 aliphatic rings. The molecule has 3 heteroatoms. The summed E-state index contributed by atoms with van der Waals surface area (Å²) in [5.74, 6) is 0.698. The maximum Gasteiger partial charge on any atom is 0.0507 e. The third-order valence-corrected chi connectivity index (χ3v) is 4.49. The maximum atomic E-state index is 6.27. The van der Waals surface area contributed by atoms with E-state index in [0.29, 0.717) is 5.92 Å². The Bertz CT molecular complexity index is 379. The number of nitrogens with zero attached hydrogens (tertiary/aromatic N) is 1. The van der Waals surface area contributed by atoms with Crippen molar-refractivity contribution in [3.05, 3.63) is 34.3 Å². The molecule has 3 unspecified atom stereocenters. The first-order valence-corrected chi connectivity index (χ1v) is 8.04. The number of halogens is 1. The van der Waals surface area contributed by atoms with E-state index in [1.807, 2.05) is 0 Å². The van der Waals surface area contributed by atoms with Crippen LogP contribution in [0.25, 0.3) is 0 Å². The monoisotopic (exact) mass is 326 g/mol. The van der Waals surface area contributed by atoms with E-state index in [-0.39, 0.29) is 12.1 Å². The Kier molecular flexibility index (Phi) is 7.05. The van der Waals surface area contributed by atoms with Crippen molar-refractivity contribution in [2.75, 3.05) is 13.1 Å². The molecule has 0 spiro atoms. The van der Waals surface area contributed by atoms with Gasteiger partial charge in [0, 0.05) is 17.1 Å². The van der Waals surface area contributed by atoms with Gasteiger partial charge in [-0.1, -0.05) is 61.3 Å². The maximum absolute atomic E-state index is 6.27. The molecule has 2 N–H and O–H groups in total. The van der Waals surface area contributed by atoms with Crippen molar-refractivity contribution < 1.29 is 0 Å². The number of hydrogen-bond donors (Lipinski definition) is 1. The minimum absolute atomic E-state index is 0.114. The second kappa shape index (κ2) is 8.03. The van der Waals surface area contributed by atoms with E-state index in [1.54, 1.807) is 0 Å². The van der Waals surface area contributed by atoms with Crippen molar-refractivity contribution in [1.29, 1.82) is 0 Å². The van der Waals surface area contributed by atoms with Crippen LogP contribution in [0.3, 0.4) is 0 Å². The highest BCUT2D eigenvalue weighted by molar-refractivity contribution is 9.10. The first-order valence-electron chi connectivity index (χ1n) is 7.25. The molecule has 19 heavy (non-hydrogen) atoms. The van der Waals surface area contributed by atoms with Crippen molar-refractivity contribution in [3.8, 4) is 0 Å². The lowest BCUT2D eigenvalue weighted by Gasteiger charge is -2.36. The largest absolute Gasteiger partial charge is 0.326 e. The van der Waals surface area contributed by atoms with E-state index in [0.717, 1.165) is 17.6 Å². The number of rotatable bonds is 7. The summed E-state index contributed by atoms with van der Waals surface area (Å²) in [6.07, 6.45) is 1.21. The van der Waals surface area contributed by atoms with Crippen molar-refractivity contribution >= 4 is 15.9 Å². The molecule has 0 saturated carbocycles. The summed E-state index contributed by atoms with van der Waals surface area (Å²) < 4.78 is 1.15. The summed E-state index contributed by atoms with van der Waals surface area (Å²) in [6, 6.07) is 8.81. The van der Waals surface area contributed by atoms with Crippen LogP contribution in [-0.2, 0) is 0 Å². The van der Waals surface area contributed by atoms with Gasteiger partial charge in [0.05, 0.1) is 6.04 Å². The molecule has 1 rings (SSSR count). The standard InChI is InChI=1S/C16H27BrN2/c1-5-12(3)11-19(6-2)16(13(4)18)14-9-7-8-10-15(14)17/h7-10,12-13,16H,5-6,11,18H2,1-4H3. The molecule has 0 saturated heterocycles. The number of benzene rings is 1. The SMILES string of the molecule is CCC(C)CN(CC)C(c1ccccc1Br)C(C)N. The highest BCUT2D eigenvalue weighted by Gasteiger charge is 2.25. The topological polar surface area (TPSA) is 29.3 Å². The molecule has 0 heterocycles. The van der Waals surface area contributed by atoms with Crippen LogP contribution in [0.2, 0.25) is 0 Å². The Labute approximate surface area is 126 Å². The van der Waals surface area contributed by atoms with Crippen molar-refractivity contribution in [1.82, 2.24) is 4.90 Å². The molecule has 0 fully saturated rings. The average molecular weight is 327 g/mol. The van der Waals surface area contributed by atoms with Gasteiger partial charge in [0.2, 0.25) is 0 Å². The Hall–Kier alpha value is -0.380. The molecule has 0 radical (unpaired) electrons. The molecule has 0 bridgehead atoms. The fourth-order valence-corrected chi connectivity index (χ4v) is 3.02. The molecule has 2 nitrogen and oxygen atoms in total. The van der Waals surface area contributed by atoms with Gasteiger partial charge in [0.25, 0.3) is 0 Å². The molecule has 0 aliphatic heterocycles. The van der Waals surface area contributed by atoms with Gasteiger partial charge in [-0.05, 0) is 31.0 Å². The zero-order chi connectivity index (χ0) is 14.4. The Morgan fingerprint density at radius 1 is 1.21 bits per heavy atom. The summed E-state index contributed by atoms with van der Waals surface area (Å²) in [7, 11) is 0. The summed E-state index contributed by atoms with van der Waals surface area (Å²) in [5.41, 5.74) is 7.56. The number of hydrogen-bond acceptors (Lipinski definition) is 2. The fraction of sp³-hybridized carbons (Fsp3) is 0.625. The van der Waals surface area contributed by atoms with Crippen molar-refractivity contribution in [2.24, 2.45) is 11.7 Å². The smallest absolute Gasteiger partial charge is 0.0507 e. The lowest BCUT2D eigenvalue weighted by Crippen LogP contribution is -2.41. The summed E-state index contributed by atoms with van der Waals surface area (Å²) in [5, 5.41) is 0. The second-order valence-corrected chi connectivity index (χ2v) is 6.28. The van der Waals surface area contributed by atoms with Crippen LogP contribution in [-0.4, -0.2) is 24.0 Å². The Morgan fingerprint density at radius 2 is 1.84 bits per heavy atom. The lowest BCUT2D eigenvalue weighted by atomic mass is 9.97. The van der Waals surface area contributed by atoms with Gasteiger partial charge < -0.3 is 5.73 Å². The van der Waals surface area contributed by atoms with E-state index in [4.69, 9.17) is 5.73 Å². The van der Waals surface area contributed by atoms with E-state index in [9.17, 15) is 0 Å². The van der Waals surface area contributed by atoms with Crippen LogP contribution < -0.4 is 5.73 Å². The van der Waals surface area contributed by atoms with Crippen LogP contribution in [0.5, 0.6) is 0 Å². The quantitative estimate of drug-likeness (QED) is 0.813. The van der Waals surface area contributed by atoms with E-state index in [1.165, 1.54) is 12.0 Å². The first kappa shape index (κ1) is 16.7. The van der Waals surface area contributed by atoms with Crippen LogP contribution >= 0.6 is 15.9 Å². The highest BCUT2D eigenvalue weighted by Crippen LogP contribution is 2.30. The number of nitrogens with two attached hydrogens (primary N) is 1. The summed E-state index contributed by atoms with van der Waals surface area (Å²) in [4.78, 5) is 2.50. The molecule has 0 amide bonds. The highest BCUT2D eigenvalue weighted by atomic mass is 79.9. The third kappa shape index (κ3) is 4.59. The van der Waals surface area contributed by atoms with Gasteiger partial charge in [0.15, 0.2) is 0 Å². The number of likely N-dealkylation sites (N-methyl/N-ethyl adjacent to an activating group) is 1. The van der Waals surface area contributed by atoms with Crippen LogP contribution in [0.15, 0.2) is 28.7 Å². The van der Waals surface area contributed by atoms with Gasteiger partial charge in [-0.2, -0.15) is 0 Å². The molecule has 0 aromatic heterocycles. The lowest BCUT2D eigenvalue weighted by molar-refractivity contribution is 0.159. The Balaban J connectivity index is 3.02. The van der Waals surface area contributed by atoms with Gasteiger partial charge >= 0.3 is 0 Å². The molecule has 1 aromatic carbocycles. The van der Waals surface area contributed by atoms with Crippen molar-refractivity contribution in [3.63, 3.8) is 0 Å². The molecule has 3 atom stereocenters. The Morgan fingerprint density at radius 3 is 2.32 bits per heavy atom. The van der Waals surface area contributed by atoms with Gasteiger partial charge in [-0.3, -0.25) is 4.90 Å². The molecular formula is C16H27BrN2. The second-order valence-electron chi connectivity index (χ2n) is 5.43. The zero-order valence-electron chi connectivity index (χ0n) is 12.6. The minimum Gasteiger partial charge on any atom is -0.326 e. The van der Waals surface area contributed by atoms with Crippen LogP contribution in [0, 0.1) is 5.92 Å². The summed E-state index contributed by atoms with van der Waals surface area (Å²) >= 11 is 3.66. The van der Waals surface area contributed by atoms with Gasteiger partial charge in [0.1, 0.15) is 0 Å². The predicted molar refractivity (Wildman–Crippen MR) is 87.2 cm³/mol. The molecular weight excluding hydrogens is 300 g/mol.